The van der Waals surface area contributed by atoms with Crippen molar-refractivity contribution in [3.63, 3.8) is 0 Å². The molecule has 2 aromatic heterocycles. The van der Waals surface area contributed by atoms with E-state index in [0.29, 0.717) is 5.90 Å². The Labute approximate surface area is 345 Å². The van der Waals surface area contributed by atoms with Crippen LogP contribution >= 0.6 is 0 Å². The summed E-state index contributed by atoms with van der Waals surface area (Å²) in [4.78, 5) is 10.7. The molecule has 2 aliphatic heterocycles. The first-order valence-electron chi connectivity index (χ1n) is 21.2. The zero-order valence-corrected chi connectivity index (χ0v) is 37.7. The lowest BCUT2D eigenvalue weighted by molar-refractivity contribution is -0.0724. The number of pyridine rings is 1. The van der Waals surface area contributed by atoms with Gasteiger partial charge >= 0.3 is 0 Å². The van der Waals surface area contributed by atoms with Gasteiger partial charge < -0.3 is 9.47 Å². The molecule has 0 N–H and O–H groups in total. The van der Waals surface area contributed by atoms with Gasteiger partial charge in [0.25, 0.3) is 0 Å². The van der Waals surface area contributed by atoms with E-state index in [1.54, 1.807) is 0 Å². The lowest BCUT2D eigenvalue weighted by Crippen LogP contribution is -2.52. The molecule has 6 aromatic rings. The summed E-state index contributed by atoms with van der Waals surface area (Å²) >= 11 is 0. The third-order valence-electron chi connectivity index (χ3n) is 13.9. The number of rotatable bonds is 3. The van der Waals surface area contributed by atoms with Crippen molar-refractivity contribution in [2.75, 3.05) is 0 Å². The summed E-state index contributed by atoms with van der Waals surface area (Å²) in [5.41, 5.74) is 15.2. The van der Waals surface area contributed by atoms with Crippen LogP contribution in [0.25, 0.3) is 27.6 Å². The fourth-order valence-electron chi connectivity index (χ4n) is 10.5. The highest BCUT2D eigenvalue weighted by Gasteiger charge is 2.67. The van der Waals surface area contributed by atoms with Crippen molar-refractivity contribution < 1.29 is 9.47 Å². The number of ether oxygens (including phenoxy) is 2. The standard InChI is InChI=1S/C53H61N3O2/c1-29-17-39-38-24-36(49(8,9)10)25-42-45(38)56(46(39)54-28-29)43-26-44(32(4)20-41(43)51(42,14)15)57-37-22-33(21-35(23-37)48(5,6)7)47-55-52(16)27-34-18-30(2)31(3)19-40(34)53(52,58-47)50(11,12)13/h17-26,28H,27H2,1-16H3/t52-,53-/m1/s1. The quantitative estimate of drug-likeness (QED) is 0.180. The first-order chi connectivity index (χ1) is 26.8. The van der Waals surface area contributed by atoms with E-state index in [0.717, 1.165) is 45.9 Å². The molecule has 0 saturated heterocycles. The van der Waals surface area contributed by atoms with Crippen molar-refractivity contribution in [1.29, 1.82) is 0 Å². The zero-order valence-electron chi connectivity index (χ0n) is 37.7. The molecule has 0 saturated carbocycles. The largest absolute Gasteiger partial charge is 0.463 e. The maximum Gasteiger partial charge on any atom is 0.217 e. The summed E-state index contributed by atoms with van der Waals surface area (Å²) in [7, 11) is 0. The van der Waals surface area contributed by atoms with Crippen molar-refractivity contribution in [3.8, 4) is 17.2 Å². The van der Waals surface area contributed by atoms with E-state index < -0.39 is 11.1 Å². The van der Waals surface area contributed by atoms with Crippen molar-refractivity contribution in [3.05, 3.63) is 128 Å². The molecule has 1 aliphatic carbocycles. The third kappa shape index (κ3) is 5.33. The van der Waals surface area contributed by atoms with Gasteiger partial charge in [0.15, 0.2) is 5.60 Å². The average Bonchev–Trinajstić information content (AvgIpc) is 3.69. The molecule has 0 amide bonds. The molecule has 0 fully saturated rings. The van der Waals surface area contributed by atoms with E-state index in [1.807, 2.05) is 6.20 Å². The topological polar surface area (TPSA) is 48.6 Å². The smallest absolute Gasteiger partial charge is 0.217 e. The van der Waals surface area contributed by atoms with Gasteiger partial charge in [0.2, 0.25) is 5.90 Å². The average molecular weight is 772 g/mol. The van der Waals surface area contributed by atoms with Crippen LogP contribution in [0.3, 0.4) is 0 Å². The second kappa shape index (κ2) is 11.9. The summed E-state index contributed by atoms with van der Waals surface area (Å²) in [5.74, 6) is 2.29. The summed E-state index contributed by atoms with van der Waals surface area (Å²) in [6.45, 7) is 36.3. The number of aliphatic imine (C=N–C) groups is 1. The van der Waals surface area contributed by atoms with Gasteiger partial charge in [-0.15, -0.1) is 0 Å². The SMILES string of the molecule is Cc1cnc2c(c1)c1cc(C(C)(C)C)cc3c1n2-c1cc(Oc2cc(C4=N[C@]5(C)Cc6cc(C)c(C)cc6[C@]5(C(C)(C)C)O4)cc(C(C)(C)C)c2)c(C)cc1C3(C)C. The minimum atomic E-state index is -0.606. The van der Waals surface area contributed by atoms with E-state index in [1.165, 1.54) is 60.8 Å². The molecular weight excluding hydrogens is 711 g/mol. The van der Waals surface area contributed by atoms with Gasteiger partial charge in [0.1, 0.15) is 22.7 Å². The zero-order chi connectivity index (χ0) is 41.9. The van der Waals surface area contributed by atoms with Crippen LogP contribution in [0.2, 0.25) is 0 Å². The number of benzene rings is 4. The lowest BCUT2D eigenvalue weighted by Gasteiger charge is -2.46. The molecule has 0 spiro atoms. The van der Waals surface area contributed by atoms with Crippen LogP contribution in [0.15, 0.2) is 71.9 Å². The van der Waals surface area contributed by atoms with E-state index >= 15 is 0 Å². The first-order valence-corrected chi connectivity index (χ1v) is 21.2. The molecule has 0 radical (unpaired) electrons. The highest BCUT2D eigenvalue weighted by atomic mass is 16.5. The van der Waals surface area contributed by atoms with Crippen molar-refractivity contribution >= 4 is 27.8 Å². The highest BCUT2D eigenvalue weighted by Crippen LogP contribution is 2.62. The maximum atomic E-state index is 7.36. The number of aromatic nitrogens is 2. The third-order valence-corrected chi connectivity index (χ3v) is 13.9. The van der Waals surface area contributed by atoms with Crippen LogP contribution in [0, 0.1) is 33.1 Å². The molecule has 3 aliphatic rings. The van der Waals surface area contributed by atoms with Crippen LogP contribution in [0.4, 0.5) is 0 Å². The molecule has 2 atom stereocenters. The number of nitrogens with zero attached hydrogens (tertiary/aromatic N) is 3. The van der Waals surface area contributed by atoms with Crippen LogP contribution in [0.1, 0.15) is 144 Å². The Morgan fingerprint density at radius 1 is 0.672 bits per heavy atom. The van der Waals surface area contributed by atoms with Crippen LogP contribution in [-0.4, -0.2) is 21.0 Å². The molecule has 300 valence electrons. The molecule has 58 heavy (non-hydrogen) atoms. The van der Waals surface area contributed by atoms with Gasteiger partial charge in [-0.3, -0.25) is 4.57 Å². The van der Waals surface area contributed by atoms with E-state index in [2.05, 4.69) is 176 Å². The molecule has 0 unspecified atom stereocenters. The minimum absolute atomic E-state index is 0.00235. The van der Waals surface area contributed by atoms with E-state index in [4.69, 9.17) is 19.5 Å². The summed E-state index contributed by atoms with van der Waals surface area (Å²) in [6, 6.07) is 23.0. The van der Waals surface area contributed by atoms with Gasteiger partial charge in [-0.2, -0.15) is 0 Å². The van der Waals surface area contributed by atoms with Gasteiger partial charge in [0, 0.05) is 51.4 Å². The monoisotopic (exact) mass is 771 g/mol. The fraction of sp³-hybridized carbons (Fsp3) is 0.434. The molecule has 9 rings (SSSR count). The Morgan fingerprint density at radius 3 is 2.00 bits per heavy atom. The Morgan fingerprint density at radius 2 is 1.33 bits per heavy atom. The normalized spacial score (nSPS) is 20.9. The number of fused-ring (bicyclic) bond motifs is 8. The summed E-state index contributed by atoms with van der Waals surface area (Å²) in [5, 5.41) is 2.45. The Hall–Kier alpha value is -4.90. The predicted octanol–water partition coefficient (Wildman–Crippen LogP) is 13.5. The van der Waals surface area contributed by atoms with E-state index in [-0.39, 0.29) is 21.7 Å². The Kier molecular flexibility index (Phi) is 7.90. The van der Waals surface area contributed by atoms with E-state index in [9.17, 15) is 0 Å². The van der Waals surface area contributed by atoms with Crippen LogP contribution in [-0.2, 0) is 33.0 Å². The highest BCUT2D eigenvalue weighted by molar-refractivity contribution is 6.11. The summed E-state index contributed by atoms with van der Waals surface area (Å²) in [6.07, 6.45) is 2.83. The molecule has 4 aromatic carbocycles. The minimum Gasteiger partial charge on any atom is -0.463 e. The molecule has 5 heteroatoms. The van der Waals surface area contributed by atoms with Crippen LogP contribution in [0.5, 0.6) is 11.5 Å². The first kappa shape index (κ1) is 38.6. The van der Waals surface area contributed by atoms with Gasteiger partial charge in [-0.25, -0.2) is 9.98 Å². The van der Waals surface area contributed by atoms with Crippen molar-refractivity contribution in [2.45, 2.75) is 145 Å². The number of hydrogen-bond donors (Lipinski definition) is 0. The predicted molar refractivity (Wildman–Crippen MR) is 241 cm³/mol. The fourth-order valence-corrected chi connectivity index (χ4v) is 10.5. The second-order valence-electron chi connectivity index (χ2n) is 21.7. The van der Waals surface area contributed by atoms with Crippen LogP contribution < -0.4 is 4.74 Å². The molecular formula is C53H61N3O2. The van der Waals surface area contributed by atoms with Crippen molar-refractivity contribution in [1.82, 2.24) is 9.55 Å². The Balaban J connectivity index is 1.19. The number of aryl methyl sites for hydroxylation is 4. The van der Waals surface area contributed by atoms with Crippen molar-refractivity contribution in [2.24, 2.45) is 10.4 Å². The van der Waals surface area contributed by atoms with Gasteiger partial charge in [-0.1, -0.05) is 94.4 Å². The summed E-state index contributed by atoms with van der Waals surface area (Å²) < 4.78 is 16.8. The molecule has 0 bridgehead atoms. The van der Waals surface area contributed by atoms with Gasteiger partial charge in [-0.05, 0) is 132 Å². The van der Waals surface area contributed by atoms with Gasteiger partial charge in [0.05, 0.1) is 11.2 Å². The molecule has 4 heterocycles. The lowest BCUT2D eigenvalue weighted by atomic mass is 9.65. The second-order valence-corrected chi connectivity index (χ2v) is 21.7. The Bertz CT molecular complexity index is 2790. The molecule has 5 nitrogen and oxygen atoms in total. The maximum absolute atomic E-state index is 7.36. The number of hydrogen-bond acceptors (Lipinski definition) is 4.